The largest absolute Gasteiger partial charge is 0.335 e. The number of nitrogens with one attached hydrogen (secondary N) is 1. The molecule has 2 nitrogen and oxygen atoms in total. The van der Waals surface area contributed by atoms with Gasteiger partial charge in [-0.3, -0.25) is 4.99 Å². The lowest BCUT2D eigenvalue weighted by Crippen LogP contribution is -2.06. The number of benzene rings is 1. The molecule has 0 saturated carbocycles. The summed E-state index contributed by atoms with van der Waals surface area (Å²) >= 11 is 1.80. The molecule has 80 valence electrons. The van der Waals surface area contributed by atoms with Crippen LogP contribution in [0.1, 0.15) is 18.1 Å². The maximum atomic E-state index is 4.52. The summed E-state index contributed by atoms with van der Waals surface area (Å²) < 4.78 is 0. The van der Waals surface area contributed by atoms with Crippen molar-refractivity contribution in [2.75, 3.05) is 11.1 Å². The number of anilines is 1. The van der Waals surface area contributed by atoms with Crippen LogP contribution in [0.3, 0.4) is 0 Å². The zero-order valence-corrected chi connectivity index (χ0v) is 10.2. The summed E-state index contributed by atoms with van der Waals surface area (Å²) in [4.78, 5) is 4.52. The standard InChI is InChI=1S/C12H16N2S/c1-8-4-5-11(9(2)6-8)14-12-13-10(3)7-15-12/h4-6,10H,7H2,1-3H3,(H,13,14)/t10-/m0/s1. The van der Waals surface area contributed by atoms with E-state index in [1.165, 1.54) is 16.8 Å². The molecule has 0 spiro atoms. The number of aryl methyl sites for hydroxylation is 2. The van der Waals surface area contributed by atoms with Crippen LogP contribution in [0.25, 0.3) is 0 Å². The number of nitrogens with zero attached hydrogens (tertiary/aromatic N) is 1. The van der Waals surface area contributed by atoms with Crippen LogP contribution in [0.4, 0.5) is 5.69 Å². The Hall–Kier alpha value is -0.960. The summed E-state index contributed by atoms with van der Waals surface area (Å²) in [6, 6.07) is 6.88. The van der Waals surface area contributed by atoms with Crippen LogP contribution in [0, 0.1) is 13.8 Å². The first-order valence-electron chi connectivity index (χ1n) is 5.20. The molecule has 0 radical (unpaired) electrons. The van der Waals surface area contributed by atoms with Crippen molar-refractivity contribution >= 4 is 22.6 Å². The van der Waals surface area contributed by atoms with Gasteiger partial charge in [-0.05, 0) is 32.4 Å². The number of amidine groups is 1. The molecule has 0 saturated heterocycles. The molecule has 1 aromatic rings. The minimum atomic E-state index is 0.447. The zero-order valence-electron chi connectivity index (χ0n) is 9.37. The van der Waals surface area contributed by atoms with E-state index in [1.807, 2.05) is 0 Å². The summed E-state index contributed by atoms with van der Waals surface area (Å²) in [5.74, 6) is 1.09. The third-order valence-electron chi connectivity index (χ3n) is 2.42. The Balaban J connectivity index is 2.14. The highest BCUT2D eigenvalue weighted by molar-refractivity contribution is 8.14. The third kappa shape index (κ3) is 2.53. The number of aliphatic imine (C=N–C) groups is 1. The average molecular weight is 220 g/mol. The molecule has 1 aliphatic heterocycles. The van der Waals surface area contributed by atoms with Gasteiger partial charge in [0.25, 0.3) is 0 Å². The fourth-order valence-electron chi connectivity index (χ4n) is 1.61. The lowest BCUT2D eigenvalue weighted by atomic mass is 10.1. The summed E-state index contributed by atoms with van der Waals surface area (Å²) in [5.41, 5.74) is 3.74. The minimum absolute atomic E-state index is 0.447. The van der Waals surface area contributed by atoms with Gasteiger partial charge < -0.3 is 5.32 Å². The number of rotatable bonds is 1. The number of hydrogen-bond donors (Lipinski definition) is 1. The summed E-state index contributed by atoms with van der Waals surface area (Å²) in [6.07, 6.45) is 0. The quantitative estimate of drug-likeness (QED) is 0.786. The van der Waals surface area contributed by atoms with Crippen LogP contribution >= 0.6 is 11.8 Å². The normalized spacial score (nSPS) is 20.2. The predicted octanol–water partition coefficient (Wildman–Crippen LogP) is 3.21. The molecule has 1 aliphatic rings. The van der Waals surface area contributed by atoms with E-state index in [4.69, 9.17) is 0 Å². The monoisotopic (exact) mass is 220 g/mol. The molecule has 3 heteroatoms. The molecule has 15 heavy (non-hydrogen) atoms. The molecule has 1 atom stereocenters. The molecule has 1 aromatic carbocycles. The van der Waals surface area contributed by atoms with Gasteiger partial charge in [0.05, 0.1) is 6.04 Å². The Morgan fingerprint density at radius 2 is 2.20 bits per heavy atom. The molecular weight excluding hydrogens is 204 g/mol. The van der Waals surface area contributed by atoms with E-state index in [0.29, 0.717) is 6.04 Å². The van der Waals surface area contributed by atoms with Crippen molar-refractivity contribution in [1.29, 1.82) is 0 Å². The summed E-state index contributed by atoms with van der Waals surface area (Å²) in [5, 5.41) is 4.43. The van der Waals surface area contributed by atoms with Crippen molar-refractivity contribution in [2.24, 2.45) is 4.99 Å². The molecular formula is C12H16N2S. The molecule has 0 amide bonds. The molecule has 0 bridgehead atoms. The van der Waals surface area contributed by atoms with E-state index >= 15 is 0 Å². The average Bonchev–Trinajstić information content (AvgIpc) is 2.56. The first-order chi connectivity index (χ1) is 7.15. The second kappa shape index (κ2) is 4.27. The van der Waals surface area contributed by atoms with Crippen LogP contribution in [-0.4, -0.2) is 17.0 Å². The van der Waals surface area contributed by atoms with E-state index in [1.54, 1.807) is 11.8 Å². The number of thioether (sulfide) groups is 1. The highest BCUT2D eigenvalue weighted by atomic mass is 32.2. The van der Waals surface area contributed by atoms with E-state index in [-0.39, 0.29) is 0 Å². The fourth-order valence-corrected chi connectivity index (χ4v) is 2.52. The van der Waals surface area contributed by atoms with Crippen molar-refractivity contribution in [3.8, 4) is 0 Å². The topological polar surface area (TPSA) is 24.4 Å². The second-order valence-corrected chi connectivity index (χ2v) is 5.05. The highest BCUT2D eigenvalue weighted by Gasteiger charge is 2.14. The van der Waals surface area contributed by atoms with Gasteiger partial charge in [-0.1, -0.05) is 29.5 Å². The van der Waals surface area contributed by atoms with Crippen LogP contribution in [0.2, 0.25) is 0 Å². The van der Waals surface area contributed by atoms with Crippen molar-refractivity contribution in [2.45, 2.75) is 26.8 Å². The minimum Gasteiger partial charge on any atom is -0.335 e. The first kappa shape index (κ1) is 10.6. The molecule has 0 unspecified atom stereocenters. The Kier molecular flexibility index (Phi) is 3.00. The van der Waals surface area contributed by atoms with Crippen molar-refractivity contribution in [3.63, 3.8) is 0 Å². The third-order valence-corrected chi connectivity index (χ3v) is 3.55. The van der Waals surface area contributed by atoms with Crippen molar-refractivity contribution in [3.05, 3.63) is 29.3 Å². The van der Waals surface area contributed by atoms with Crippen LogP contribution in [0.15, 0.2) is 23.2 Å². The van der Waals surface area contributed by atoms with E-state index in [9.17, 15) is 0 Å². The van der Waals surface area contributed by atoms with Gasteiger partial charge in [0.1, 0.15) is 0 Å². The Morgan fingerprint density at radius 3 is 2.80 bits per heavy atom. The molecule has 1 N–H and O–H groups in total. The van der Waals surface area contributed by atoms with Crippen LogP contribution in [-0.2, 0) is 0 Å². The van der Waals surface area contributed by atoms with Gasteiger partial charge >= 0.3 is 0 Å². The SMILES string of the molecule is Cc1ccc(NC2=N[C@@H](C)CS2)c(C)c1. The number of hydrogen-bond acceptors (Lipinski definition) is 3. The second-order valence-electron chi connectivity index (χ2n) is 4.04. The van der Waals surface area contributed by atoms with Crippen LogP contribution in [0.5, 0.6) is 0 Å². The van der Waals surface area contributed by atoms with Gasteiger partial charge in [-0.15, -0.1) is 0 Å². The van der Waals surface area contributed by atoms with Gasteiger partial charge in [0.15, 0.2) is 5.17 Å². The maximum absolute atomic E-state index is 4.52. The van der Waals surface area contributed by atoms with Crippen molar-refractivity contribution < 1.29 is 0 Å². The lowest BCUT2D eigenvalue weighted by Gasteiger charge is -2.08. The first-order valence-corrected chi connectivity index (χ1v) is 6.18. The zero-order chi connectivity index (χ0) is 10.8. The summed E-state index contributed by atoms with van der Waals surface area (Å²) in [6.45, 7) is 6.38. The fraction of sp³-hybridized carbons (Fsp3) is 0.417. The Morgan fingerprint density at radius 1 is 1.40 bits per heavy atom. The lowest BCUT2D eigenvalue weighted by molar-refractivity contribution is 0.865. The van der Waals surface area contributed by atoms with Crippen LogP contribution < -0.4 is 5.32 Å². The van der Waals surface area contributed by atoms with Gasteiger partial charge in [-0.2, -0.15) is 0 Å². The van der Waals surface area contributed by atoms with Gasteiger partial charge in [-0.25, -0.2) is 0 Å². The highest BCUT2D eigenvalue weighted by Crippen LogP contribution is 2.22. The van der Waals surface area contributed by atoms with Gasteiger partial charge in [0.2, 0.25) is 0 Å². The summed E-state index contributed by atoms with van der Waals surface area (Å²) in [7, 11) is 0. The molecule has 0 aliphatic carbocycles. The molecule has 1 heterocycles. The predicted molar refractivity (Wildman–Crippen MR) is 68.9 cm³/mol. The smallest absolute Gasteiger partial charge is 0.161 e. The molecule has 0 aromatic heterocycles. The maximum Gasteiger partial charge on any atom is 0.161 e. The molecule has 2 rings (SSSR count). The van der Waals surface area contributed by atoms with E-state index in [0.717, 1.165) is 10.9 Å². The van der Waals surface area contributed by atoms with Crippen molar-refractivity contribution in [1.82, 2.24) is 0 Å². The van der Waals surface area contributed by atoms with E-state index < -0.39 is 0 Å². The Bertz CT molecular complexity index is 399. The van der Waals surface area contributed by atoms with Gasteiger partial charge in [0, 0.05) is 11.4 Å². The molecule has 0 fully saturated rings. The Labute approximate surface area is 95.2 Å². The van der Waals surface area contributed by atoms with E-state index in [2.05, 4.69) is 49.3 Å².